The van der Waals surface area contributed by atoms with Gasteiger partial charge in [-0.2, -0.15) is 0 Å². The minimum absolute atomic E-state index is 0.113. The maximum absolute atomic E-state index is 12.3. The average Bonchev–Trinajstić information content (AvgIpc) is 3.27. The van der Waals surface area contributed by atoms with E-state index in [-0.39, 0.29) is 11.2 Å². The summed E-state index contributed by atoms with van der Waals surface area (Å²) in [5.41, 5.74) is 0.873. The van der Waals surface area contributed by atoms with Crippen molar-refractivity contribution >= 4 is 29.3 Å². The molecule has 25 heavy (non-hydrogen) atoms. The Morgan fingerprint density at radius 2 is 2.20 bits per heavy atom. The number of nitrogens with zero attached hydrogens (tertiary/aromatic N) is 4. The van der Waals surface area contributed by atoms with Gasteiger partial charge in [0.1, 0.15) is 12.3 Å². The minimum atomic E-state index is -0.358. The molecule has 0 saturated carbocycles. The van der Waals surface area contributed by atoms with Crippen molar-refractivity contribution in [3.63, 3.8) is 0 Å². The van der Waals surface area contributed by atoms with Crippen LogP contribution in [0, 0.1) is 0 Å². The Labute approximate surface area is 153 Å². The molecule has 0 bridgehead atoms. The van der Waals surface area contributed by atoms with E-state index in [9.17, 15) is 4.79 Å². The number of furan rings is 1. The smallest absolute Gasteiger partial charge is 0.233 e. The van der Waals surface area contributed by atoms with E-state index in [0.29, 0.717) is 23.3 Å². The second-order valence-corrected chi connectivity index (χ2v) is 6.98. The summed E-state index contributed by atoms with van der Waals surface area (Å²) in [4.78, 5) is 12.3. The van der Waals surface area contributed by atoms with Crippen molar-refractivity contribution in [1.29, 1.82) is 0 Å². The van der Waals surface area contributed by atoms with E-state index in [4.69, 9.17) is 16.0 Å². The fraction of sp³-hybridized carbons (Fsp3) is 0.250. The van der Waals surface area contributed by atoms with Crippen molar-refractivity contribution in [2.24, 2.45) is 0 Å². The van der Waals surface area contributed by atoms with Gasteiger partial charge in [0.05, 0.1) is 11.5 Å². The van der Waals surface area contributed by atoms with Gasteiger partial charge in [-0.15, -0.1) is 5.10 Å². The molecule has 0 fully saturated rings. The Balaban J connectivity index is 1.57. The third-order valence-corrected chi connectivity index (χ3v) is 4.89. The van der Waals surface area contributed by atoms with Crippen LogP contribution < -0.4 is 5.32 Å². The van der Waals surface area contributed by atoms with Crippen LogP contribution in [0.15, 0.2) is 52.2 Å². The molecular formula is C16H16ClN5O2S. The first-order chi connectivity index (χ1) is 12.1. The quantitative estimate of drug-likeness (QED) is 0.637. The van der Waals surface area contributed by atoms with Gasteiger partial charge in [0.25, 0.3) is 0 Å². The van der Waals surface area contributed by atoms with Gasteiger partial charge in [0.2, 0.25) is 11.1 Å². The maximum Gasteiger partial charge on any atom is 0.233 e. The number of amides is 1. The van der Waals surface area contributed by atoms with Gasteiger partial charge < -0.3 is 9.73 Å². The van der Waals surface area contributed by atoms with Crippen LogP contribution in [-0.2, 0) is 17.9 Å². The predicted octanol–water partition coefficient (Wildman–Crippen LogP) is 2.76. The summed E-state index contributed by atoms with van der Waals surface area (Å²) in [7, 11) is 0. The van der Waals surface area contributed by atoms with Crippen LogP contribution in [0.5, 0.6) is 0 Å². The Morgan fingerprint density at radius 3 is 2.96 bits per heavy atom. The highest BCUT2D eigenvalue weighted by molar-refractivity contribution is 8.00. The van der Waals surface area contributed by atoms with Crippen molar-refractivity contribution in [2.45, 2.75) is 30.4 Å². The summed E-state index contributed by atoms with van der Waals surface area (Å²) in [5, 5.41) is 15.3. The highest BCUT2D eigenvalue weighted by Gasteiger charge is 2.19. The summed E-state index contributed by atoms with van der Waals surface area (Å²) in [6.07, 6.45) is 1.59. The first kappa shape index (κ1) is 17.5. The third-order valence-electron chi connectivity index (χ3n) is 3.45. The molecule has 9 heteroatoms. The third kappa shape index (κ3) is 4.61. The summed E-state index contributed by atoms with van der Waals surface area (Å²) in [5.74, 6) is 0.627. The van der Waals surface area contributed by atoms with Crippen LogP contribution in [0.4, 0.5) is 0 Å². The van der Waals surface area contributed by atoms with Gasteiger partial charge in [-0.3, -0.25) is 4.79 Å². The van der Waals surface area contributed by atoms with Crippen LogP contribution >= 0.6 is 23.4 Å². The molecule has 1 unspecified atom stereocenters. The van der Waals surface area contributed by atoms with E-state index >= 15 is 0 Å². The minimum Gasteiger partial charge on any atom is -0.467 e. The summed E-state index contributed by atoms with van der Waals surface area (Å²) >= 11 is 7.38. The molecule has 0 spiro atoms. The largest absolute Gasteiger partial charge is 0.467 e. The molecule has 3 rings (SSSR count). The van der Waals surface area contributed by atoms with Gasteiger partial charge in [0, 0.05) is 11.6 Å². The zero-order valence-corrected chi connectivity index (χ0v) is 15.0. The number of hydrogen-bond acceptors (Lipinski definition) is 6. The van der Waals surface area contributed by atoms with Crippen LogP contribution in [0.1, 0.15) is 18.2 Å². The van der Waals surface area contributed by atoms with E-state index in [2.05, 4.69) is 20.8 Å². The second kappa shape index (κ2) is 8.17. The number of aromatic nitrogens is 4. The van der Waals surface area contributed by atoms with Crippen LogP contribution in [-0.4, -0.2) is 31.4 Å². The van der Waals surface area contributed by atoms with E-state index in [1.807, 2.05) is 24.3 Å². The molecule has 7 nitrogen and oxygen atoms in total. The molecular weight excluding hydrogens is 362 g/mol. The molecule has 1 N–H and O–H groups in total. The topological polar surface area (TPSA) is 85.8 Å². The summed E-state index contributed by atoms with van der Waals surface area (Å²) in [6.45, 7) is 2.59. The lowest BCUT2D eigenvalue weighted by molar-refractivity contribution is -0.120. The number of carbonyl (C=O) groups excluding carboxylic acids is 1. The van der Waals surface area contributed by atoms with E-state index in [0.717, 1.165) is 11.3 Å². The molecule has 1 amide bonds. The van der Waals surface area contributed by atoms with Gasteiger partial charge in [-0.25, -0.2) is 4.68 Å². The Hall–Kier alpha value is -2.32. The van der Waals surface area contributed by atoms with Crippen LogP contribution in [0.25, 0.3) is 0 Å². The standard InChI is InChI=1S/C16H16ClN5O2S/c1-11(15(23)18-9-12-5-2-3-7-14(12)17)25-16-19-20-21-22(16)10-13-6-4-8-24-13/h2-8,11H,9-10H2,1H3,(H,18,23). The molecule has 0 radical (unpaired) electrons. The Kier molecular flexibility index (Phi) is 5.72. The number of benzene rings is 1. The van der Waals surface area contributed by atoms with Gasteiger partial charge >= 0.3 is 0 Å². The van der Waals surface area contributed by atoms with Crippen LogP contribution in [0.3, 0.4) is 0 Å². The fourth-order valence-corrected chi connectivity index (χ4v) is 3.13. The number of carbonyl (C=O) groups is 1. The van der Waals surface area contributed by atoms with E-state index in [1.165, 1.54) is 11.8 Å². The lowest BCUT2D eigenvalue weighted by Crippen LogP contribution is -2.30. The molecule has 0 aliphatic heterocycles. The fourth-order valence-electron chi connectivity index (χ4n) is 2.11. The Bertz CT molecular complexity index is 837. The molecule has 3 aromatic rings. The monoisotopic (exact) mass is 377 g/mol. The number of nitrogens with one attached hydrogen (secondary N) is 1. The number of rotatable bonds is 7. The average molecular weight is 378 g/mol. The van der Waals surface area contributed by atoms with Gasteiger partial charge in [0.15, 0.2) is 0 Å². The summed E-state index contributed by atoms with van der Waals surface area (Å²) in [6, 6.07) is 11.1. The molecule has 2 aromatic heterocycles. The van der Waals surface area contributed by atoms with Gasteiger partial charge in [-0.1, -0.05) is 41.6 Å². The second-order valence-electron chi connectivity index (χ2n) is 5.27. The van der Waals surface area contributed by atoms with E-state index < -0.39 is 0 Å². The lowest BCUT2D eigenvalue weighted by Gasteiger charge is -2.12. The maximum atomic E-state index is 12.3. The first-order valence-corrected chi connectivity index (χ1v) is 8.85. The number of tetrazole rings is 1. The van der Waals surface area contributed by atoms with Crippen molar-refractivity contribution < 1.29 is 9.21 Å². The molecule has 130 valence electrons. The highest BCUT2D eigenvalue weighted by atomic mass is 35.5. The number of thioether (sulfide) groups is 1. The van der Waals surface area contributed by atoms with Crippen molar-refractivity contribution in [3.05, 3.63) is 59.0 Å². The first-order valence-electron chi connectivity index (χ1n) is 7.60. The molecule has 0 aliphatic carbocycles. The van der Waals surface area contributed by atoms with Crippen molar-refractivity contribution in [2.75, 3.05) is 0 Å². The number of halogens is 1. The van der Waals surface area contributed by atoms with Crippen molar-refractivity contribution in [3.8, 4) is 0 Å². The molecule has 0 saturated heterocycles. The van der Waals surface area contributed by atoms with Crippen LogP contribution in [0.2, 0.25) is 5.02 Å². The zero-order valence-electron chi connectivity index (χ0n) is 13.4. The predicted molar refractivity (Wildman–Crippen MR) is 94.2 cm³/mol. The molecule has 0 aliphatic rings. The van der Waals surface area contributed by atoms with Crippen molar-refractivity contribution in [1.82, 2.24) is 25.5 Å². The summed E-state index contributed by atoms with van der Waals surface area (Å²) < 4.78 is 6.89. The normalized spacial score (nSPS) is 12.1. The SMILES string of the molecule is CC(Sc1nnnn1Cc1ccco1)C(=O)NCc1ccccc1Cl. The molecule has 1 atom stereocenters. The Morgan fingerprint density at radius 1 is 1.36 bits per heavy atom. The molecule has 1 aromatic carbocycles. The number of hydrogen-bond donors (Lipinski definition) is 1. The van der Waals surface area contributed by atoms with Gasteiger partial charge in [-0.05, 0) is 41.1 Å². The zero-order chi connectivity index (χ0) is 17.6. The van der Waals surface area contributed by atoms with E-state index in [1.54, 1.807) is 30.0 Å². The molecule has 2 heterocycles. The lowest BCUT2D eigenvalue weighted by atomic mass is 10.2. The highest BCUT2D eigenvalue weighted by Crippen LogP contribution is 2.21.